The summed E-state index contributed by atoms with van der Waals surface area (Å²) in [6.07, 6.45) is 2.10. The number of alkyl halides is 3. The quantitative estimate of drug-likeness (QED) is 0.651. The average molecular weight is 394 g/mol. The van der Waals surface area contributed by atoms with Crippen molar-refractivity contribution in [2.24, 2.45) is 10.7 Å². The van der Waals surface area contributed by atoms with E-state index in [1.165, 1.54) is 13.2 Å². The number of fused-ring (bicyclic) bond motifs is 1. The third kappa shape index (κ3) is 4.07. The van der Waals surface area contributed by atoms with E-state index >= 15 is 0 Å². The summed E-state index contributed by atoms with van der Waals surface area (Å²) in [6.45, 7) is 3.24. The lowest BCUT2D eigenvalue weighted by Gasteiger charge is -2.14. The normalized spacial score (nSPS) is 17.5. The van der Waals surface area contributed by atoms with E-state index in [4.69, 9.17) is 5.73 Å². The number of nitrogens with one attached hydrogen (secondary N) is 2. The van der Waals surface area contributed by atoms with E-state index in [1.807, 2.05) is 6.20 Å². The van der Waals surface area contributed by atoms with Crippen LogP contribution in [0.1, 0.15) is 30.5 Å². The van der Waals surface area contributed by atoms with E-state index in [2.05, 4.69) is 35.1 Å². The number of nitrogens with zero attached hydrogens (tertiary/aromatic N) is 5. The van der Waals surface area contributed by atoms with Gasteiger partial charge >= 0.3 is 6.18 Å². The summed E-state index contributed by atoms with van der Waals surface area (Å²) in [5, 5.41) is 5.26. The summed E-state index contributed by atoms with van der Waals surface area (Å²) >= 11 is 0. The Labute approximate surface area is 159 Å². The van der Waals surface area contributed by atoms with Crippen molar-refractivity contribution in [3.05, 3.63) is 41.9 Å². The number of aryl methyl sites for hydroxylation is 1. The predicted molar refractivity (Wildman–Crippen MR) is 100 cm³/mol. The lowest BCUT2D eigenvalue weighted by Crippen LogP contribution is -2.16. The van der Waals surface area contributed by atoms with E-state index in [-0.39, 0.29) is 17.7 Å². The molecule has 1 atom stereocenters. The van der Waals surface area contributed by atoms with Crippen LogP contribution in [-0.4, -0.2) is 38.8 Å². The molecule has 3 rings (SSSR count). The first-order valence-electron chi connectivity index (χ1n) is 8.65. The van der Waals surface area contributed by atoms with Crippen LogP contribution in [0.4, 0.5) is 24.9 Å². The molecule has 8 nitrogen and oxygen atoms in total. The second kappa shape index (κ2) is 7.87. The summed E-state index contributed by atoms with van der Waals surface area (Å²) in [4.78, 5) is 16.3. The number of aliphatic imine (C=N–C) groups is 1. The molecule has 0 amide bonds. The Hall–Kier alpha value is -3.11. The first-order chi connectivity index (χ1) is 13.3. The van der Waals surface area contributed by atoms with Gasteiger partial charge < -0.3 is 20.9 Å². The highest BCUT2D eigenvalue weighted by Gasteiger charge is 2.35. The molecule has 2 aromatic rings. The molecule has 11 heteroatoms. The van der Waals surface area contributed by atoms with Crippen molar-refractivity contribution in [3.8, 4) is 0 Å². The number of nitrogens with two attached hydrogens (primary N) is 1. The second-order valence-corrected chi connectivity index (χ2v) is 6.33. The maximum atomic E-state index is 13.0. The zero-order valence-electron chi connectivity index (χ0n) is 15.5. The second-order valence-electron chi connectivity index (χ2n) is 6.33. The van der Waals surface area contributed by atoms with Crippen LogP contribution >= 0.6 is 0 Å². The number of aromatic nitrogens is 4. The van der Waals surface area contributed by atoms with Gasteiger partial charge in [0.15, 0.2) is 0 Å². The highest BCUT2D eigenvalue weighted by atomic mass is 19.4. The number of allylic oxidation sites excluding steroid dienone is 1. The Morgan fingerprint density at radius 1 is 1.43 bits per heavy atom. The number of hydrogen-bond donors (Lipinski definition) is 3. The van der Waals surface area contributed by atoms with Gasteiger partial charge in [-0.1, -0.05) is 0 Å². The van der Waals surface area contributed by atoms with Gasteiger partial charge in [-0.2, -0.15) is 18.2 Å². The van der Waals surface area contributed by atoms with Gasteiger partial charge in [-0.05, 0) is 13.3 Å². The van der Waals surface area contributed by atoms with Gasteiger partial charge in [-0.25, -0.2) is 9.97 Å². The van der Waals surface area contributed by atoms with Crippen molar-refractivity contribution >= 4 is 17.5 Å². The van der Waals surface area contributed by atoms with Gasteiger partial charge in [0.2, 0.25) is 5.95 Å². The largest absolute Gasteiger partial charge is 0.421 e. The van der Waals surface area contributed by atoms with Crippen molar-refractivity contribution < 1.29 is 13.2 Å². The zero-order valence-corrected chi connectivity index (χ0v) is 15.5. The van der Waals surface area contributed by atoms with Gasteiger partial charge in [0.05, 0.1) is 17.7 Å². The molecule has 0 bridgehead atoms. The Kier molecular flexibility index (Phi) is 5.52. The molecule has 1 aliphatic heterocycles. The van der Waals surface area contributed by atoms with Gasteiger partial charge in [0.1, 0.15) is 11.4 Å². The van der Waals surface area contributed by atoms with Crippen LogP contribution in [0.3, 0.4) is 0 Å². The molecular weight excluding hydrogens is 373 g/mol. The summed E-state index contributed by atoms with van der Waals surface area (Å²) in [5.74, 6) is -0.0626. The fourth-order valence-electron chi connectivity index (χ4n) is 3.03. The molecule has 3 heterocycles. The minimum atomic E-state index is -4.55. The SMILES string of the molecule is CNc1nc(N/C(=C/N)C(C)=NC[C@H]2CCn3cncc32)ncc1C(F)(F)F. The van der Waals surface area contributed by atoms with E-state index < -0.39 is 11.7 Å². The summed E-state index contributed by atoms with van der Waals surface area (Å²) in [6, 6.07) is 0. The molecular formula is C17H21F3N8. The molecule has 0 aliphatic carbocycles. The average Bonchev–Trinajstić information content (AvgIpc) is 3.27. The molecule has 0 radical (unpaired) electrons. The van der Waals surface area contributed by atoms with Gasteiger partial charge in [0, 0.05) is 50.3 Å². The van der Waals surface area contributed by atoms with Gasteiger partial charge in [0.25, 0.3) is 0 Å². The third-order valence-corrected chi connectivity index (χ3v) is 4.56. The van der Waals surface area contributed by atoms with E-state index in [1.54, 1.807) is 13.3 Å². The fraction of sp³-hybridized carbons (Fsp3) is 0.412. The smallest absolute Gasteiger partial charge is 0.403 e. The van der Waals surface area contributed by atoms with Gasteiger partial charge in [-0.15, -0.1) is 0 Å². The molecule has 2 aromatic heterocycles. The lowest BCUT2D eigenvalue weighted by molar-refractivity contribution is -0.137. The molecule has 1 aliphatic rings. The molecule has 0 unspecified atom stereocenters. The summed E-state index contributed by atoms with van der Waals surface area (Å²) in [7, 11) is 1.36. The van der Waals surface area contributed by atoms with E-state index in [9.17, 15) is 13.2 Å². The number of imidazole rings is 1. The standard InChI is InChI=1S/C17H21F3N8/c1-10(24-6-11-3-4-28-9-23-8-14(11)28)13(5-21)26-16-25-7-12(17(18,19)20)15(22-2)27-16/h5,7-9,11H,3-4,6,21H2,1-2H3,(H2,22,25,26,27)/b13-5+,24-10?/t11-/m1/s1. The highest BCUT2D eigenvalue weighted by molar-refractivity contribution is 6.00. The minimum Gasteiger partial charge on any atom is -0.403 e. The fourth-order valence-corrected chi connectivity index (χ4v) is 3.03. The van der Waals surface area contributed by atoms with Crippen molar-refractivity contribution in [1.29, 1.82) is 0 Å². The van der Waals surface area contributed by atoms with E-state index in [0.29, 0.717) is 18.0 Å². The number of halogens is 3. The first kappa shape index (κ1) is 19.6. The molecule has 4 N–H and O–H groups in total. The Morgan fingerprint density at radius 2 is 2.21 bits per heavy atom. The summed E-state index contributed by atoms with van der Waals surface area (Å²) in [5.41, 5.74) is 6.90. The maximum Gasteiger partial charge on any atom is 0.421 e. The molecule has 0 aromatic carbocycles. The maximum absolute atomic E-state index is 13.0. The van der Waals surface area contributed by atoms with Crippen LogP contribution in [0.15, 0.2) is 35.6 Å². The van der Waals surface area contributed by atoms with Crippen LogP contribution in [0.2, 0.25) is 0 Å². The number of anilines is 2. The molecule has 0 saturated carbocycles. The topological polar surface area (TPSA) is 106 Å². The van der Waals surface area contributed by atoms with Crippen LogP contribution in [0, 0.1) is 0 Å². The predicted octanol–water partition coefficient (Wildman–Crippen LogP) is 2.59. The van der Waals surface area contributed by atoms with Crippen molar-refractivity contribution in [2.45, 2.75) is 32.0 Å². The Bertz CT molecular complexity index is 900. The zero-order chi connectivity index (χ0) is 20.3. The minimum absolute atomic E-state index is 0.0115. The van der Waals surface area contributed by atoms with Crippen LogP contribution in [0.5, 0.6) is 0 Å². The molecule has 28 heavy (non-hydrogen) atoms. The van der Waals surface area contributed by atoms with Crippen molar-refractivity contribution in [1.82, 2.24) is 19.5 Å². The Morgan fingerprint density at radius 3 is 2.89 bits per heavy atom. The molecule has 0 fully saturated rings. The number of hydrogen-bond acceptors (Lipinski definition) is 7. The van der Waals surface area contributed by atoms with E-state index in [0.717, 1.165) is 24.9 Å². The summed E-state index contributed by atoms with van der Waals surface area (Å²) < 4.78 is 41.0. The lowest BCUT2D eigenvalue weighted by atomic mass is 10.1. The van der Waals surface area contributed by atoms with Gasteiger partial charge in [-0.3, -0.25) is 4.99 Å². The Balaban J connectivity index is 1.72. The van der Waals surface area contributed by atoms with Crippen molar-refractivity contribution in [2.75, 3.05) is 24.2 Å². The molecule has 0 saturated heterocycles. The van der Waals surface area contributed by atoms with Crippen LogP contribution in [0.25, 0.3) is 0 Å². The van der Waals surface area contributed by atoms with Crippen molar-refractivity contribution in [3.63, 3.8) is 0 Å². The third-order valence-electron chi connectivity index (χ3n) is 4.56. The first-order valence-corrected chi connectivity index (χ1v) is 8.65. The molecule has 150 valence electrons. The monoisotopic (exact) mass is 394 g/mol. The number of rotatable bonds is 6. The van der Waals surface area contributed by atoms with Crippen LogP contribution in [-0.2, 0) is 12.7 Å². The van der Waals surface area contributed by atoms with Crippen LogP contribution < -0.4 is 16.4 Å². The molecule has 0 spiro atoms. The highest BCUT2D eigenvalue weighted by Crippen LogP contribution is 2.33.